The molecule has 7 rings (SSSR count). The van der Waals surface area contributed by atoms with Gasteiger partial charge in [-0.2, -0.15) is 0 Å². The number of aryl methyl sites for hydroxylation is 1. The second-order valence-electron chi connectivity index (χ2n) is 11.6. The first-order valence-corrected chi connectivity index (χ1v) is 15.3. The molecule has 6 unspecified atom stereocenters. The molecule has 4 aliphatic rings. The number of nitrogens with one attached hydrogen (secondary N) is 2. The molecule has 3 heterocycles. The molecular formula is C30H30N4O4S2. The van der Waals surface area contributed by atoms with E-state index in [9.17, 15) is 19.2 Å². The fourth-order valence-electron chi connectivity index (χ4n) is 7.57. The summed E-state index contributed by atoms with van der Waals surface area (Å²) in [7, 11) is 4.01. The van der Waals surface area contributed by atoms with Gasteiger partial charge in [0.1, 0.15) is 6.54 Å². The minimum absolute atomic E-state index is 0.0147. The van der Waals surface area contributed by atoms with Crippen molar-refractivity contribution in [2.45, 2.75) is 29.5 Å². The Morgan fingerprint density at radius 1 is 1.00 bits per heavy atom. The first kappa shape index (κ1) is 25.6. The zero-order valence-electron chi connectivity index (χ0n) is 22.4. The Hall–Kier alpha value is -3.37. The highest BCUT2D eigenvalue weighted by Crippen LogP contribution is 2.68. The molecule has 2 bridgehead atoms. The van der Waals surface area contributed by atoms with Gasteiger partial charge in [-0.1, -0.05) is 41.2 Å². The van der Waals surface area contributed by atoms with Gasteiger partial charge in [0, 0.05) is 41.5 Å². The number of likely N-dealkylation sites (tertiary alicyclic amines) is 1. The molecule has 1 aromatic heterocycles. The molecule has 3 fully saturated rings. The van der Waals surface area contributed by atoms with Gasteiger partial charge in [-0.05, 0) is 60.9 Å². The molecule has 2 N–H and O–H groups in total. The van der Waals surface area contributed by atoms with E-state index in [4.69, 9.17) is 0 Å². The number of amides is 3. The van der Waals surface area contributed by atoms with Crippen LogP contribution in [0.3, 0.4) is 0 Å². The van der Waals surface area contributed by atoms with Gasteiger partial charge in [0.05, 0.1) is 16.9 Å². The lowest BCUT2D eigenvalue weighted by Gasteiger charge is -2.43. The Morgan fingerprint density at radius 3 is 2.35 bits per heavy atom. The van der Waals surface area contributed by atoms with Crippen molar-refractivity contribution in [1.29, 1.82) is 0 Å². The highest BCUT2D eigenvalue weighted by molar-refractivity contribution is 8.00. The number of benzene rings is 2. The maximum atomic E-state index is 13.8. The van der Waals surface area contributed by atoms with Gasteiger partial charge in [-0.15, -0.1) is 11.8 Å². The van der Waals surface area contributed by atoms with E-state index >= 15 is 0 Å². The minimum atomic E-state index is -0.410. The summed E-state index contributed by atoms with van der Waals surface area (Å²) in [5.74, 6) is -1.45. The number of aromatic nitrogens is 1. The van der Waals surface area contributed by atoms with Crippen molar-refractivity contribution in [1.82, 2.24) is 9.88 Å². The standard InChI is InChI=1S/C30H30N4O4S2/c1-14-4-8-16(9-5-14)31-20(35)13-34-28(36)23-18-12-19(24(23)29(34)37)25-22(18)21(26-27(39-25)32-30(38)40-26)15-6-10-17(11-7-15)33(2)3/h4-11,18-19,21-25H,12-13H2,1-3H3,(H,31,35)(H,32,38)/t18?,19?,21-,22?,23?,24?,25?/m1/s1. The lowest BCUT2D eigenvalue weighted by atomic mass is 9.68. The van der Waals surface area contributed by atoms with E-state index < -0.39 is 11.8 Å². The van der Waals surface area contributed by atoms with Crippen LogP contribution >= 0.6 is 23.1 Å². The molecule has 8 nitrogen and oxygen atoms in total. The maximum Gasteiger partial charge on any atom is 0.305 e. The second kappa shape index (κ2) is 9.34. The number of imide groups is 1. The van der Waals surface area contributed by atoms with Crippen LogP contribution in [0.25, 0.3) is 0 Å². The van der Waals surface area contributed by atoms with Crippen LogP contribution < -0.4 is 15.1 Å². The highest BCUT2D eigenvalue weighted by Gasteiger charge is 2.69. The summed E-state index contributed by atoms with van der Waals surface area (Å²) in [5, 5.41) is 3.84. The van der Waals surface area contributed by atoms with Crippen LogP contribution in [-0.4, -0.2) is 53.5 Å². The third-order valence-electron chi connectivity index (χ3n) is 9.22. The van der Waals surface area contributed by atoms with Crippen LogP contribution in [0, 0.1) is 36.5 Å². The van der Waals surface area contributed by atoms with E-state index in [0.29, 0.717) is 5.69 Å². The number of H-pyrrole nitrogens is 1. The number of aromatic amines is 1. The fourth-order valence-corrected chi connectivity index (χ4v) is 10.5. The van der Waals surface area contributed by atoms with E-state index in [0.717, 1.165) is 33.1 Å². The van der Waals surface area contributed by atoms with E-state index in [-0.39, 0.29) is 58.1 Å². The number of hydrogen-bond acceptors (Lipinski definition) is 7. The van der Waals surface area contributed by atoms with Gasteiger partial charge in [-0.3, -0.25) is 24.1 Å². The van der Waals surface area contributed by atoms with E-state index in [1.165, 1.54) is 16.2 Å². The van der Waals surface area contributed by atoms with Crippen LogP contribution in [0.15, 0.2) is 58.4 Å². The number of nitrogens with zero attached hydrogens (tertiary/aromatic N) is 2. The number of carbonyl (C=O) groups excluding carboxylic acids is 3. The van der Waals surface area contributed by atoms with Crippen LogP contribution in [0.4, 0.5) is 11.4 Å². The fraction of sp³-hybridized carbons (Fsp3) is 0.400. The number of hydrogen-bond donors (Lipinski definition) is 2. The zero-order chi connectivity index (χ0) is 27.9. The number of rotatable bonds is 5. The third kappa shape index (κ3) is 3.87. The number of anilines is 2. The quantitative estimate of drug-likeness (QED) is 0.448. The predicted octanol–water partition coefficient (Wildman–Crippen LogP) is 3.92. The molecule has 2 aliphatic heterocycles. The van der Waals surface area contributed by atoms with Crippen LogP contribution in [-0.2, 0) is 14.4 Å². The maximum absolute atomic E-state index is 13.8. The SMILES string of the molecule is Cc1ccc(NC(=O)CN2C(=O)C3C4CC(C3C2=O)C2C4Sc3[nH]c(=O)sc3[C@@H]2c2ccc(N(C)C)cc2)cc1. The van der Waals surface area contributed by atoms with E-state index in [1.807, 2.05) is 45.3 Å². The summed E-state index contributed by atoms with van der Waals surface area (Å²) in [6.07, 6.45) is 0.823. The summed E-state index contributed by atoms with van der Waals surface area (Å²) in [4.78, 5) is 60.0. The molecule has 2 aliphatic carbocycles. The molecule has 2 aromatic carbocycles. The first-order valence-electron chi connectivity index (χ1n) is 13.6. The molecule has 7 atom stereocenters. The average molecular weight is 575 g/mol. The van der Waals surface area contributed by atoms with Crippen LogP contribution in [0.2, 0.25) is 0 Å². The topological polar surface area (TPSA) is 103 Å². The van der Waals surface area contributed by atoms with Crippen molar-refractivity contribution >= 4 is 52.2 Å². The largest absolute Gasteiger partial charge is 0.378 e. The van der Waals surface area contributed by atoms with Crippen molar-refractivity contribution in [3.8, 4) is 0 Å². The predicted molar refractivity (Wildman–Crippen MR) is 156 cm³/mol. The molecule has 3 amide bonds. The third-order valence-corrected chi connectivity index (χ3v) is 11.8. The Kier molecular flexibility index (Phi) is 5.98. The highest BCUT2D eigenvalue weighted by atomic mass is 32.2. The molecule has 40 heavy (non-hydrogen) atoms. The van der Waals surface area contributed by atoms with Crippen LogP contribution in [0.1, 0.15) is 28.3 Å². The first-order chi connectivity index (χ1) is 19.2. The number of carbonyl (C=O) groups is 3. The summed E-state index contributed by atoms with van der Waals surface area (Å²) in [6, 6.07) is 15.9. The summed E-state index contributed by atoms with van der Waals surface area (Å²) in [6.45, 7) is 1.70. The van der Waals surface area contributed by atoms with Crippen LogP contribution in [0.5, 0.6) is 0 Å². The van der Waals surface area contributed by atoms with Gasteiger partial charge < -0.3 is 15.2 Å². The van der Waals surface area contributed by atoms with Gasteiger partial charge in [0.25, 0.3) is 0 Å². The molecule has 1 saturated heterocycles. The monoisotopic (exact) mass is 574 g/mol. The van der Waals surface area contributed by atoms with Crippen molar-refractivity contribution in [3.05, 3.63) is 74.2 Å². The van der Waals surface area contributed by atoms with Gasteiger partial charge in [-0.25, -0.2) is 0 Å². The second-order valence-corrected chi connectivity index (χ2v) is 13.8. The number of fused-ring (bicyclic) bond motifs is 9. The lowest BCUT2D eigenvalue weighted by molar-refractivity contribution is -0.143. The van der Waals surface area contributed by atoms with E-state index in [2.05, 4.69) is 39.5 Å². The van der Waals surface area contributed by atoms with Gasteiger partial charge in [0.15, 0.2) is 0 Å². The van der Waals surface area contributed by atoms with Crippen molar-refractivity contribution in [3.63, 3.8) is 0 Å². The minimum Gasteiger partial charge on any atom is -0.378 e. The molecule has 3 aromatic rings. The summed E-state index contributed by atoms with van der Waals surface area (Å²) >= 11 is 2.93. The molecular weight excluding hydrogens is 544 g/mol. The molecule has 2 saturated carbocycles. The smallest absolute Gasteiger partial charge is 0.305 e. The average Bonchev–Trinajstić information content (AvgIpc) is 3.66. The number of thioether (sulfide) groups is 1. The number of thiazole rings is 1. The lowest BCUT2D eigenvalue weighted by Crippen LogP contribution is -2.42. The van der Waals surface area contributed by atoms with E-state index in [1.54, 1.807) is 11.8 Å². The molecule has 206 valence electrons. The normalized spacial score (nSPS) is 29.8. The summed E-state index contributed by atoms with van der Waals surface area (Å²) in [5.41, 5.74) is 3.95. The Labute approximate surface area is 240 Å². The molecule has 0 radical (unpaired) electrons. The summed E-state index contributed by atoms with van der Waals surface area (Å²) < 4.78 is 0. The Morgan fingerprint density at radius 2 is 1.68 bits per heavy atom. The van der Waals surface area contributed by atoms with Crippen molar-refractivity contribution < 1.29 is 14.4 Å². The molecule has 0 spiro atoms. The zero-order valence-corrected chi connectivity index (χ0v) is 24.1. The molecule has 10 heteroatoms. The van der Waals surface area contributed by atoms with Crippen molar-refractivity contribution in [2.75, 3.05) is 30.9 Å². The Bertz CT molecular complexity index is 1580. The Balaban J connectivity index is 1.18. The van der Waals surface area contributed by atoms with Gasteiger partial charge in [0.2, 0.25) is 17.7 Å². The van der Waals surface area contributed by atoms with Crippen molar-refractivity contribution in [2.24, 2.45) is 29.6 Å². The van der Waals surface area contributed by atoms with Gasteiger partial charge >= 0.3 is 4.87 Å².